The lowest BCUT2D eigenvalue weighted by Gasteiger charge is -2.30. The van der Waals surface area contributed by atoms with Crippen LogP contribution in [0.2, 0.25) is 0 Å². The van der Waals surface area contributed by atoms with Crippen molar-refractivity contribution >= 4 is 26.5 Å². The number of hydrogen-bond donors (Lipinski definition) is 1. The number of nitrogens with zero attached hydrogens (tertiary/aromatic N) is 2. The summed E-state index contributed by atoms with van der Waals surface area (Å²) in [5, 5.41) is 2.88. The van der Waals surface area contributed by atoms with Gasteiger partial charge in [0.05, 0.1) is 17.1 Å². The van der Waals surface area contributed by atoms with Crippen LogP contribution in [-0.4, -0.2) is 26.5 Å². The molecule has 1 saturated heterocycles. The Hall–Kier alpha value is -1.44. The van der Waals surface area contributed by atoms with Crippen LogP contribution in [0.3, 0.4) is 0 Å². The molecule has 0 radical (unpaired) electrons. The third kappa shape index (κ3) is 2.84. The van der Waals surface area contributed by atoms with E-state index in [0.717, 1.165) is 23.9 Å². The Balaban J connectivity index is 1.65. The topological polar surface area (TPSA) is 62.3 Å². The maximum absolute atomic E-state index is 12.1. The Bertz CT molecular complexity index is 679. The lowest BCUT2D eigenvalue weighted by molar-refractivity contribution is 0.580. The van der Waals surface area contributed by atoms with E-state index >= 15 is 0 Å². The molecular weight excluding hydrogens is 294 g/mol. The molecule has 1 aliphatic heterocycles. The van der Waals surface area contributed by atoms with Crippen molar-refractivity contribution < 1.29 is 8.42 Å². The molecule has 0 atom stereocenters. The number of hydrogen-bond acceptors (Lipinski definition) is 5. The van der Waals surface area contributed by atoms with E-state index in [1.54, 1.807) is 41.7 Å². The van der Waals surface area contributed by atoms with Crippen LogP contribution in [0.15, 0.2) is 40.6 Å². The number of sulfonamides is 1. The summed E-state index contributed by atoms with van der Waals surface area (Å²) >= 11 is 1.56. The van der Waals surface area contributed by atoms with Crippen LogP contribution >= 0.6 is 11.3 Å². The molecule has 1 aromatic carbocycles. The molecule has 0 bridgehead atoms. The van der Waals surface area contributed by atoms with Crippen molar-refractivity contribution in [1.82, 2.24) is 9.71 Å². The zero-order chi connectivity index (χ0) is 14.0. The first-order chi connectivity index (χ1) is 9.65. The van der Waals surface area contributed by atoms with Gasteiger partial charge in [0.15, 0.2) is 5.13 Å². The van der Waals surface area contributed by atoms with Gasteiger partial charge >= 0.3 is 0 Å². The highest BCUT2D eigenvalue weighted by Gasteiger charge is 2.18. The summed E-state index contributed by atoms with van der Waals surface area (Å²) in [5.41, 5.74) is 0.761. The third-order valence-corrected chi connectivity index (χ3v) is 5.53. The monoisotopic (exact) mass is 309 g/mol. The van der Waals surface area contributed by atoms with Crippen LogP contribution in [0.5, 0.6) is 0 Å². The maximum atomic E-state index is 12.1. The molecule has 2 heterocycles. The first-order valence-electron chi connectivity index (χ1n) is 6.39. The van der Waals surface area contributed by atoms with E-state index in [9.17, 15) is 8.42 Å². The molecule has 1 N–H and O–H groups in total. The van der Waals surface area contributed by atoms with E-state index < -0.39 is 10.0 Å². The molecular formula is C13H15N3O2S2. The van der Waals surface area contributed by atoms with Crippen LogP contribution in [0.4, 0.5) is 5.13 Å². The molecule has 0 amide bonds. The summed E-state index contributed by atoms with van der Waals surface area (Å²) < 4.78 is 26.7. The van der Waals surface area contributed by atoms with Gasteiger partial charge in [0.25, 0.3) is 0 Å². The van der Waals surface area contributed by atoms with Gasteiger partial charge in [-0.1, -0.05) is 18.2 Å². The van der Waals surface area contributed by atoms with Gasteiger partial charge in [0, 0.05) is 18.5 Å². The zero-order valence-electron chi connectivity index (χ0n) is 10.8. The average Bonchev–Trinajstić information content (AvgIpc) is 2.84. The average molecular weight is 309 g/mol. The van der Waals surface area contributed by atoms with Crippen LogP contribution in [0.1, 0.15) is 12.1 Å². The van der Waals surface area contributed by atoms with Gasteiger partial charge in [-0.25, -0.2) is 18.1 Å². The fraction of sp³-hybridized carbons (Fsp3) is 0.308. The van der Waals surface area contributed by atoms with E-state index in [-0.39, 0.29) is 11.4 Å². The number of thiazole rings is 1. The molecule has 5 nitrogen and oxygen atoms in total. The summed E-state index contributed by atoms with van der Waals surface area (Å²) in [7, 11) is -3.46. The SMILES string of the molecule is O=S(=O)(NCc1csc(N2CCC2)n1)c1ccccc1. The number of rotatable bonds is 5. The summed E-state index contributed by atoms with van der Waals surface area (Å²) in [5.74, 6) is 0. The van der Waals surface area contributed by atoms with Crippen molar-refractivity contribution in [1.29, 1.82) is 0 Å². The van der Waals surface area contributed by atoms with Crippen LogP contribution in [0, 0.1) is 0 Å². The summed E-state index contributed by atoms with van der Waals surface area (Å²) in [6, 6.07) is 8.36. The summed E-state index contributed by atoms with van der Waals surface area (Å²) in [4.78, 5) is 6.92. The minimum absolute atomic E-state index is 0.224. The van der Waals surface area contributed by atoms with E-state index in [4.69, 9.17) is 0 Å². The van der Waals surface area contributed by atoms with Gasteiger partial charge in [0.2, 0.25) is 10.0 Å². The Morgan fingerprint density at radius 1 is 1.25 bits per heavy atom. The minimum atomic E-state index is -3.46. The molecule has 7 heteroatoms. The van der Waals surface area contributed by atoms with E-state index in [2.05, 4.69) is 14.6 Å². The van der Waals surface area contributed by atoms with Gasteiger partial charge in [-0.2, -0.15) is 0 Å². The highest BCUT2D eigenvalue weighted by molar-refractivity contribution is 7.89. The summed E-state index contributed by atoms with van der Waals surface area (Å²) in [6.45, 7) is 2.31. The van der Waals surface area contributed by atoms with Crippen LogP contribution < -0.4 is 9.62 Å². The number of anilines is 1. The van der Waals surface area contributed by atoms with Gasteiger partial charge < -0.3 is 4.90 Å². The van der Waals surface area contributed by atoms with E-state index in [0.29, 0.717) is 0 Å². The molecule has 0 saturated carbocycles. The predicted octanol–water partition coefficient (Wildman–Crippen LogP) is 1.83. The second kappa shape index (κ2) is 5.51. The van der Waals surface area contributed by atoms with Crippen molar-refractivity contribution in [3.05, 3.63) is 41.4 Å². The molecule has 20 heavy (non-hydrogen) atoms. The van der Waals surface area contributed by atoms with Gasteiger partial charge in [0.1, 0.15) is 0 Å². The van der Waals surface area contributed by atoms with E-state index in [1.807, 2.05) is 5.38 Å². The number of aromatic nitrogens is 1. The highest BCUT2D eigenvalue weighted by Crippen LogP contribution is 2.24. The highest BCUT2D eigenvalue weighted by atomic mass is 32.2. The number of nitrogens with one attached hydrogen (secondary N) is 1. The van der Waals surface area contributed by atoms with E-state index in [1.165, 1.54) is 6.42 Å². The quantitative estimate of drug-likeness (QED) is 0.915. The molecule has 106 valence electrons. The van der Waals surface area contributed by atoms with Crippen molar-refractivity contribution in [2.45, 2.75) is 17.9 Å². The molecule has 2 aromatic rings. The first kappa shape index (κ1) is 13.5. The standard InChI is InChI=1S/C13H15N3O2S2/c17-20(18,12-5-2-1-3-6-12)14-9-11-10-19-13(15-11)16-7-4-8-16/h1-3,5-6,10,14H,4,7-9H2. The molecule has 1 aliphatic rings. The number of benzene rings is 1. The molecule has 1 fully saturated rings. The smallest absolute Gasteiger partial charge is 0.240 e. The van der Waals surface area contributed by atoms with Crippen molar-refractivity contribution in [3.63, 3.8) is 0 Å². The van der Waals surface area contributed by atoms with Crippen LogP contribution in [-0.2, 0) is 16.6 Å². The van der Waals surface area contributed by atoms with Crippen molar-refractivity contribution in [3.8, 4) is 0 Å². The Labute approximate surface area is 122 Å². The van der Waals surface area contributed by atoms with Gasteiger partial charge in [-0.05, 0) is 18.6 Å². The zero-order valence-corrected chi connectivity index (χ0v) is 12.5. The fourth-order valence-corrected chi connectivity index (χ4v) is 3.78. The van der Waals surface area contributed by atoms with Gasteiger partial charge in [-0.15, -0.1) is 11.3 Å². The second-order valence-electron chi connectivity index (χ2n) is 4.60. The van der Waals surface area contributed by atoms with Crippen LogP contribution in [0.25, 0.3) is 0 Å². The summed E-state index contributed by atoms with van der Waals surface area (Å²) in [6.07, 6.45) is 1.20. The predicted molar refractivity (Wildman–Crippen MR) is 79.4 cm³/mol. The fourth-order valence-electron chi connectivity index (χ4n) is 1.88. The lowest BCUT2D eigenvalue weighted by atomic mass is 10.2. The molecule has 0 unspecified atom stereocenters. The second-order valence-corrected chi connectivity index (χ2v) is 7.20. The molecule has 1 aromatic heterocycles. The molecule has 0 aliphatic carbocycles. The maximum Gasteiger partial charge on any atom is 0.240 e. The Morgan fingerprint density at radius 3 is 2.65 bits per heavy atom. The van der Waals surface area contributed by atoms with Gasteiger partial charge in [-0.3, -0.25) is 0 Å². The third-order valence-electron chi connectivity index (χ3n) is 3.16. The Kier molecular flexibility index (Phi) is 3.73. The molecule has 0 spiro atoms. The lowest BCUT2D eigenvalue weighted by Crippen LogP contribution is -2.36. The minimum Gasteiger partial charge on any atom is -0.348 e. The largest absolute Gasteiger partial charge is 0.348 e. The first-order valence-corrected chi connectivity index (χ1v) is 8.75. The normalized spacial score (nSPS) is 15.1. The van der Waals surface area contributed by atoms with Crippen molar-refractivity contribution in [2.75, 3.05) is 18.0 Å². The Morgan fingerprint density at radius 2 is 2.00 bits per heavy atom. The van der Waals surface area contributed by atoms with Crippen molar-refractivity contribution in [2.24, 2.45) is 0 Å². The molecule has 3 rings (SSSR count).